The molecular formula is C30H38N5O7P. The fourth-order valence-corrected chi connectivity index (χ4v) is 4.98. The van der Waals surface area contributed by atoms with Gasteiger partial charge >= 0.3 is 13.6 Å². The molecule has 0 radical (unpaired) electrons. The van der Waals surface area contributed by atoms with Gasteiger partial charge in [-0.2, -0.15) is 0 Å². The Hall–Kier alpha value is -4.09. The number of carbonyl (C=O) groups is 3. The van der Waals surface area contributed by atoms with Crippen LogP contribution in [0.1, 0.15) is 36.7 Å². The van der Waals surface area contributed by atoms with E-state index in [0.717, 1.165) is 24.1 Å². The summed E-state index contributed by atoms with van der Waals surface area (Å²) in [5.74, 6) is -1.93. The van der Waals surface area contributed by atoms with Crippen molar-refractivity contribution in [1.29, 1.82) is 0 Å². The van der Waals surface area contributed by atoms with E-state index in [0.29, 0.717) is 44.0 Å². The lowest BCUT2D eigenvalue weighted by Crippen LogP contribution is -2.55. The van der Waals surface area contributed by atoms with Gasteiger partial charge in [-0.3, -0.25) is 18.9 Å². The van der Waals surface area contributed by atoms with Crippen molar-refractivity contribution in [2.45, 2.75) is 32.2 Å². The van der Waals surface area contributed by atoms with Crippen LogP contribution < -0.4 is 16.0 Å². The largest absolute Gasteiger partial charge is 0.481 e. The summed E-state index contributed by atoms with van der Waals surface area (Å²) < 4.78 is 11.8. The number of hydrogen-bond acceptors (Lipinski definition) is 7. The number of piperazine rings is 1. The maximum atomic E-state index is 13.3. The summed E-state index contributed by atoms with van der Waals surface area (Å²) in [6.45, 7) is 3.89. The number of amides is 2. The van der Waals surface area contributed by atoms with Gasteiger partial charge in [-0.1, -0.05) is 61.9 Å². The third-order valence-corrected chi connectivity index (χ3v) is 7.23. The molecule has 3 aromatic rings. The van der Waals surface area contributed by atoms with Gasteiger partial charge < -0.3 is 35.7 Å². The van der Waals surface area contributed by atoms with Crippen LogP contribution in [0.5, 0.6) is 0 Å². The molecule has 1 aliphatic rings. The number of hydrogen-bond donors (Lipinski definition) is 6. The zero-order valence-electron chi connectivity index (χ0n) is 24.0. The number of nitrogens with zero attached hydrogens (tertiary/aromatic N) is 2. The lowest BCUT2D eigenvalue weighted by molar-refractivity contribution is -0.137. The molecule has 0 spiro atoms. The second kappa shape index (κ2) is 16.5. The summed E-state index contributed by atoms with van der Waals surface area (Å²) in [5, 5.41) is 16.9. The average molecular weight is 612 g/mol. The van der Waals surface area contributed by atoms with Crippen LogP contribution in [0.15, 0.2) is 72.8 Å². The van der Waals surface area contributed by atoms with Crippen molar-refractivity contribution in [3.05, 3.63) is 78.5 Å². The highest BCUT2D eigenvalue weighted by Gasteiger charge is 2.33. The topological polar surface area (TPSA) is 181 Å². The molecule has 0 bridgehead atoms. The first-order valence-corrected chi connectivity index (χ1v) is 15.8. The summed E-state index contributed by atoms with van der Waals surface area (Å²) >= 11 is 0. The first-order chi connectivity index (χ1) is 20.6. The molecule has 43 heavy (non-hydrogen) atoms. The zero-order valence-corrected chi connectivity index (χ0v) is 24.9. The molecule has 1 saturated heterocycles. The van der Waals surface area contributed by atoms with Crippen LogP contribution in [-0.2, 0) is 14.2 Å². The molecule has 230 valence electrons. The fraction of sp³-hybridized carbons (Fsp3) is 0.333. The molecule has 13 heteroatoms. The van der Waals surface area contributed by atoms with Crippen molar-refractivity contribution in [2.24, 2.45) is 0 Å². The normalized spacial score (nSPS) is 13.7. The van der Waals surface area contributed by atoms with Crippen molar-refractivity contribution in [3.8, 4) is 11.3 Å². The van der Waals surface area contributed by atoms with E-state index in [1.165, 1.54) is 4.90 Å². The smallest absolute Gasteiger partial charge is 0.328 e. The molecule has 1 atom stereocenters. The molecule has 0 aliphatic carbocycles. The lowest BCUT2D eigenvalue weighted by Gasteiger charge is -2.31. The third-order valence-electron chi connectivity index (χ3n) is 6.39. The Morgan fingerprint density at radius 2 is 1.60 bits per heavy atom. The van der Waals surface area contributed by atoms with Crippen molar-refractivity contribution in [2.75, 3.05) is 37.7 Å². The van der Waals surface area contributed by atoms with E-state index in [-0.39, 0.29) is 5.69 Å². The second-order valence-corrected chi connectivity index (χ2v) is 11.6. The van der Waals surface area contributed by atoms with Gasteiger partial charge in [0.05, 0.1) is 11.9 Å². The number of carbonyl (C=O) groups excluding carboxylic acids is 2. The van der Waals surface area contributed by atoms with Gasteiger partial charge in [0.1, 0.15) is 11.7 Å². The Morgan fingerprint density at radius 1 is 0.977 bits per heavy atom. The van der Waals surface area contributed by atoms with Crippen LogP contribution in [0.25, 0.3) is 11.3 Å². The van der Waals surface area contributed by atoms with Gasteiger partial charge in [-0.25, -0.2) is 4.98 Å². The number of para-hydroxylation sites is 1. The van der Waals surface area contributed by atoms with Crippen LogP contribution in [-0.4, -0.2) is 80.9 Å². The number of nitrogens with one attached hydrogen (secondary N) is 3. The van der Waals surface area contributed by atoms with Gasteiger partial charge in [-0.15, -0.1) is 0 Å². The number of carboxylic acids is 1. The maximum Gasteiger partial charge on any atom is 0.328 e. The molecule has 1 aliphatic heterocycles. The van der Waals surface area contributed by atoms with E-state index >= 15 is 0 Å². The van der Waals surface area contributed by atoms with Gasteiger partial charge in [0.25, 0.3) is 5.91 Å². The van der Waals surface area contributed by atoms with Crippen molar-refractivity contribution >= 4 is 36.8 Å². The highest BCUT2D eigenvalue weighted by molar-refractivity contribution is 7.51. The Bertz CT molecular complexity index is 1400. The number of carboxylic acid groups (broad SMARTS) is 1. The summed E-state index contributed by atoms with van der Waals surface area (Å²) in [7, 11) is -4.60. The molecule has 2 heterocycles. The van der Waals surface area contributed by atoms with Crippen molar-refractivity contribution < 1.29 is 33.8 Å². The van der Waals surface area contributed by atoms with Crippen LogP contribution in [0, 0.1) is 0 Å². The molecule has 0 saturated carbocycles. The minimum absolute atomic E-state index is 0.0126. The lowest BCUT2D eigenvalue weighted by atomic mass is 10.1. The predicted octanol–water partition coefficient (Wildman–Crippen LogP) is 3.46. The first-order valence-electron chi connectivity index (χ1n) is 14.0. The first kappa shape index (κ1) is 33.4. The molecule has 1 unspecified atom stereocenters. The van der Waals surface area contributed by atoms with Crippen molar-refractivity contribution in [1.82, 2.24) is 20.5 Å². The van der Waals surface area contributed by atoms with Gasteiger partial charge in [0, 0.05) is 49.5 Å². The van der Waals surface area contributed by atoms with Gasteiger partial charge in [0.2, 0.25) is 5.91 Å². The Morgan fingerprint density at radius 3 is 2.16 bits per heavy atom. The average Bonchev–Trinajstić information content (AvgIpc) is 3.00. The molecule has 1 fully saturated rings. The van der Waals surface area contributed by atoms with Crippen LogP contribution in [0.3, 0.4) is 0 Å². The van der Waals surface area contributed by atoms with E-state index in [9.17, 15) is 28.7 Å². The van der Waals surface area contributed by atoms with Crippen molar-refractivity contribution in [3.63, 3.8) is 0 Å². The van der Waals surface area contributed by atoms with Crippen LogP contribution >= 0.6 is 7.60 Å². The third kappa shape index (κ3) is 11.6. The summed E-state index contributed by atoms with van der Waals surface area (Å²) in [6, 6.07) is 20.7. The molecule has 2 aromatic carbocycles. The van der Waals surface area contributed by atoms with Crippen LogP contribution in [0.4, 0.5) is 11.4 Å². The Balaban J connectivity index is 0.000000646. The minimum Gasteiger partial charge on any atom is -0.481 e. The van der Waals surface area contributed by atoms with E-state index in [4.69, 9.17) is 5.11 Å². The number of benzene rings is 2. The summed E-state index contributed by atoms with van der Waals surface area (Å²) in [6.07, 6.45) is 1.28. The standard InChI is InChI=1S/C25H28N5O5P.C5H10O2/c31-24(29-23(17-36(33,34)35)25(32)30-13-11-26-12-14-30)22-16-20(27-19-9-5-2-6-10-19)15-21(28-22)18-7-3-1-4-8-18;1-2-3-4-5(6)7/h1-10,15-16,23,26H,11-14,17H2,(H,27,28)(H,29,31)(H2,33,34,35);2-4H2,1H3,(H,6,7). The Kier molecular flexibility index (Phi) is 12.8. The van der Waals surface area contributed by atoms with E-state index in [1.807, 2.05) is 67.6 Å². The highest BCUT2D eigenvalue weighted by Crippen LogP contribution is 2.35. The maximum absolute atomic E-state index is 13.3. The monoisotopic (exact) mass is 611 g/mol. The number of rotatable bonds is 11. The van der Waals surface area contributed by atoms with Gasteiger partial charge in [-0.05, 0) is 30.7 Å². The van der Waals surface area contributed by atoms with E-state index in [2.05, 4.69) is 20.9 Å². The van der Waals surface area contributed by atoms with E-state index in [1.54, 1.807) is 12.1 Å². The molecule has 1 aromatic heterocycles. The summed E-state index contributed by atoms with van der Waals surface area (Å²) in [4.78, 5) is 61.2. The summed E-state index contributed by atoms with van der Waals surface area (Å²) in [5.41, 5.74) is 2.73. The second-order valence-electron chi connectivity index (χ2n) is 9.93. The molecular weight excluding hydrogens is 573 g/mol. The predicted molar refractivity (Wildman–Crippen MR) is 164 cm³/mol. The number of aliphatic carboxylic acids is 1. The van der Waals surface area contributed by atoms with Crippen LogP contribution in [0.2, 0.25) is 0 Å². The molecule has 2 amide bonds. The fourth-order valence-electron chi connectivity index (χ4n) is 4.25. The number of pyridine rings is 1. The zero-order chi connectivity index (χ0) is 31.2. The Labute approximate surface area is 250 Å². The minimum atomic E-state index is -4.60. The quantitative estimate of drug-likeness (QED) is 0.176. The van der Waals surface area contributed by atoms with Gasteiger partial charge in [0.15, 0.2) is 0 Å². The number of anilines is 2. The molecule has 12 nitrogen and oxygen atoms in total. The molecule has 6 N–H and O–H groups in total. The highest BCUT2D eigenvalue weighted by atomic mass is 31.2. The number of aromatic nitrogens is 1. The SMILES string of the molecule is CCCCC(=O)O.O=C(NC(CP(=O)(O)O)C(=O)N1CCNCC1)c1cc(Nc2ccccc2)cc(-c2ccccc2)n1. The molecule has 4 rings (SSSR count). The van der Waals surface area contributed by atoms with E-state index < -0.39 is 37.6 Å². The number of unbranched alkanes of at least 4 members (excludes halogenated alkanes) is 1.